The quantitative estimate of drug-likeness (QED) is 0.861. The lowest BCUT2D eigenvalue weighted by Crippen LogP contribution is -2.37. The largest absolute Gasteiger partial charge is 0.370 e. The van der Waals surface area contributed by atoms with Crippen LogP contribution in [0.1, 0.15) is 18.9 Å². The molecule has 4 nitrogen and oxygen atoms in total. The lowest BCUT2D eigenvalue weighted by molar-refractivity contribution is -0.125. The van der Waals surface area contributed by atoms with E-state index in [-0.39, 0.29) is 11.7 Å². The van der Waals surface area contributed by atoms with Crippen LogP contribution in [0.3, 0.4) is 0 Å². The zero-order valence-corrected chi connectivity index (χ0v) is 11.4. The predicted molar refractivity (Wildman–Crippen MR) is 73.3 cm³/mol. The van der Waals surface area contributed by atoms with Gasteiger partial charge in [0.25, 0.3) is 0 Å². The molecule has 0 spiro atoms. The number of nitrogens with two attached hydrogens (primary N) is 1. The normalized spacial score (nSPS) is 22.8. The van der Waals surface area contributed by atoms with Crippen LogP contribution in [0.4, 0.5) is 10.1 Å². The van der Waals surface area contributed by atoms with Crippen molar-refractivity contribution in [1.29, 1.82) is 0 Å². The first-order valence-corrected chi connectivity index (χ1v) is 6.44. The highest BCUT2D eigenvalue weighted by Crippen LogP contribution is 2.34. The molecule has 3 N–H and O–H groups in total. The SMILES string of the molecule is CNCc1cc(F)ccc1N1CCC(C)(C(N)=O)C1. The Bertz CT molecular complexity index is 492. The fourth-order valence-electron chi connectivity index (χ4n) is 2.56. The number of halogens is 1. The van der Waals surface area contributed by atoms with Gasteiger partial charge >= 0.3 is 0 Å². The van der Waals surface area contributed by atoms with Crippen molar-refractivity contribution in [3.8, 4) is 0 Å². The molecule has 1 atom stereocenters. The van der Waals surface area contributed by atoms with Gasteiger partial charge in [0.1, 0.15) is 5.82 Å². The average Bonchev–Trinajstić information content (AvgIpc) is 2.74. The Hall–Kier alpha value is -1.62. The molecule has 1 saturated heterocycles. The maximum Gasteiger partial charge on any atom is 0.225 e. The van der Waals surface area contributed by atoms with Crippen LogP contribution < -0.4 is 16.0 Å². The summed E-state index contributed by atoms with van der Waals surface area (Å²) in [6.07, 6.45) is 0.735. The Morgan fingerprint density at radius 2 is 2.32 bits per heavy atom. The topological polar surface area (TPSA) is 58.4 Å². The fraction of sp³-hybridized carbons (Fsp3) is 0.500. The van der Waals surface area contributed by atoms with Gasteiger partial charge in [-0.1, -0.05) is 0 Å². The van der Waals surface area contributed by atoms with Crippen LogP contribution in [-0.2, 0) is 11.3 Å². The van der Waals surface area contributed by atoms with E-state index < -0.39 is 5.41 Å². The molecule has 1 heterocycles. The van der Waals surface area contributed by atoms with Crippen molar-refractivity contribution in [1.82, 2.24) is 5.32 Å². The second-order valence-electron chi connectivity index (χ2n) is 5.40. The minimum Gasteiger partial charge on any atom is -0.370 e. The molecule has 0 radical (unpaired) electrons. The zero-order chi connectivity index (χ0) is 14.0. The molecule has 1 aliphatic rings. The number of hydrogen-bond acceptors (Lipinski definition) is 3. The molecule has 1 unspecified atom stereocenters. The van der Waals surface area contributed by atoms with Crippen LogP contribution in [0.15, 0.2) is 18.2 Å². The van der Waals surface area contributed by atoms with Gasteiger partial charge in [0, 0.05) is 25.3 Å². The van der Waals surface area contributed by atoms with Gasteiger partial charge in [-0.15, -0.1) is 0 Å². The number of carbonyl (C=O) groups is 1. The van der Waals surface area contributed by atoms with E-state index in [1.54, 1.807) is 6.07 Å². The molecular weight excluding hydrogens is 245 g/mol. The van der Waals surface area contributed by atoms with Crippen LogP contribution in [0.5, 0.6) is 0 Å². The van der Waals surface area contributed by atoms with E-state index in [0.717, 1.165) is 24.2 Å². The molecule has 0 saturated carbocycles. The van der Waals surface area contributed by atoms with E-state index in [1.807, 2.05) is 14.0 Å². The van der Waals surface area contributed by atoms with Crippen LogP contribution in [-0.4, -0.2) is 26.0 Å². The summed E-state index contributed by atoms with van der Waals surface area (Å²) in [6, 6.07) is 4.76. The van der Waals surface area contributed by atoms with Gasteiger partial charge in [-0.05, 0) is 44.2 Å². The number of nitrogens with one attached hydrogen (secondary N) is 1. The first-order valence-electron chi connectivity index (χ1n) is 6.44. The molecule has 1 aromatic rings. The number of anilines is 1. The van der Waals surface area contributed by atoms with Gasteiger partial charge in [-0.3, -0.25) is 4.79 Å². The monoisotopic (exact) mass is 265 g/mol. The second-order valence-corrected chi connectivity index (χ2v) is 5.40. The number of benzene rings is 1. The predicted octanol–water partition coefficient (Wildman–Crippen LogP) is 1.25. The van der Waals surface area contributed by atoms with E-state index in [0.29, 0.717) is 13.1 Å². The average molecular weight is 265 g/mol. The summed E-state index contributed by atoms with van der Waals surface area (Å²) < 4.78 is 13.3. The molecule has 0 aliphatic carbocycles. The molecular formula is C14H20FN3O. The summed E-state index contributed by atoms with van der Waals surface area (Å²) in [5.41, 5.74) is 6.83. The number of carbonyl (C=O) groups excluding carboxylic acids is 1. The number of rotatable bonds is 4. The van der Waals surface area contributed by atoms with Crippen LogP contribution >= 0.6 is 0 Å². The molecule has 2 rings (SSSR count). The fourth-order valence-corrected chi connectivity index (χ4v) is 2.56. The summed E-state index contributed by atoms with van der Waals surface area (Å²) in [7, 11) is 1.83. The number of hydrogen-bond donors (Lipinski definition) is 2. The molecule has 0 bridgehead atoms. The van der Waals surface area contributed by atoms with E-state index in [4.69, 9.17) is 5.73 Å². The first-order chi connectivity index (χ1) is 8.96. The third-order valence-corrected chi connectivity index (χ3v) is 3.82. The Kier molecular flexibility index (Phi) is 3.75. The Morgan fingerprint density at radius 1 is 1.58 bits per heavy atom. The first kappa shape index (κ1) is 13.8. The number of primary amides is 1. The van der Waals surface area contributed by atoms with Crippen LogP contribution in [0, 0.1) is 11.2 Å². The molecule has 1 amide bonds. The van der Waals surface area contributed by atoms with E-state index >= 15 is 0 Å². The molecule has 104 valence electrons. The molecule has 1 fully saturated rings. The van der Waals surface area contributed by atoms with Crippen molar-refractivity contribution in [2.24, 2.45) is 11.1 Å². The standard InChI is InChI=1S/C14H20FN3O/c1-14(13(16)19)5-6-18(9-14)12-4-3-11(15)7-10(12)8-17-2/h3-4,7,17H,5-6,8-9H2,1-2H3,(H2,16,19). The van der Waals surface area contributed by atoms with E-state index in [9.17, 15) is 9.18 Å². The Morgan fingerprint density at radius 3 is 2.89 bits per heavy atom. The highest BCUT2D eigenvalue weighted by atomic mass is 19.1. The Balaban J connectivity index is 2.26. The highest BCUT2D eigenvalue weighted by Gasteiger charge is 2.39. The minimum atomic E-state index is -0.495. The van der Waals surface area contributed by atoms with Crippen molar-refractivity contribution in [2.45, 2.75) is 19.9 Å². The van der Waals surface area contributed by atoms with Crippen molar-refractivity contribution < 1.29 is 9.18 Å². The third-order valence-electron chi connectivity index (χ3n) is 3.82. The smallest absolute Gasteiger partial charge is 0.225 e. The molecule has 0 aromatic heterocycles. The second kappa shape index (κ2) is 5.17. The van der Waals surface area contributed by atoms with Crippen molar-refractivity contribution in [3.05, 3.63) is 29.6 Å². The van der Waals surface area contributed by atoms with Crippen LogP contribution in [0.2, 0.25) is 0 Å². The molecule has 1 aromatic carbocycles. The van der Waals surface area contributed by atoms with Gasteiger partial charge in [-0.2, -0.15) is 0 Å². The molecule has 19 heavy (non-hydrogen) atoms. The van der Waals surface area contributed by atoms with Gasteiger partial charge < -0.3 is 16.0 Å². The summed E-state index contributed by atoms with van der Waals surface area (Å²) in [6.45, 7) is 3.83. The molecule has 1 aliphatic heterocycles. The Labute approximate surface area is 112 Å². The van der Waals surface area contributed by atoms with Gasteiger partial charge in [0.05, 0.1) is 5.41 Å². The number of amides is 1. The van der Waals surface area contributed by atoms with E-state index in [1.165, 1.54) is 12.1 Å². The summed E-state index contributed by atoms with van der Waals surface area (Å²) in [5.74, 6) is -0.516. The highest BCUT2D eigenvalue weighted by molar-refractivity contribution is 5.82. The summed E-state index contributed by atoms with van der Waals surface area (Å²) in [5, 5.41) is 3.03. The van der Waals surface area contributed by atoms with Crippen molar-refractivity contribution in [3.63, 3.8) is 0 Å². The maximum atomic E-state index is 13.3. The minimum absolute atomic E-state index is 0.245. The molecule has 5 heteroatoms. The zero-order valence-electron chi connectivity index (χ0n) is 11.4. The summed E-state index contributed by atoms with van der Waals surface area (Å²) in [4.78, 5) is 13.6. The lowest BCUT2D eigenvalue weighted by atomic mass is 9.89. The summed E-state index contributed by atoms with van der Waals surface area (Å²) >= 11 is 0. The van der Waals surface area contributed by atoms with Gasteiger partial charge in [0.2, 0.25) is 5.91 Å². The van der Waals surface area contributed by atoms with Crippen molar-refractivity contribution >= 4 is 11.6 Å². The van der Waals surface area contributed by atoms with Crippen LogP contribution in [0.25, 0.3) is 0 Å². The van der Waals surface area contributed by atoms with Gasteiger partial charge in [-0.25, -0.2) is 4.39 Å². The van der Waals surface area contributed by atoms with Crippen molar-refractivity contribution in [2.75, 3.05) is 25.0 Å². The van der Waals surface area contributed by atoms with E-state index in [2.05, 4.69) is 10.2 Å². The lowest BCUT2D eigenvalue weighted by Gasteiger charge is -2.24. The van der Waals surface area contributed by atoms with Gasteiger partial charge in [0.15, 0.2) is 0 Å². The number of nitrogens with zero attached hydrogens (tertiary/aromatic N) is 1. The maximum absolute atomic E-state index is 13.3. The third kappa shape index (κ3) is 2.71.